The number of nitrogens with one attached hydrogen (secondary N) is 1. The van der Waals surface area contributed by atoms with Crippen LogP contribution in [0.15, 0.2) is 0 Å². The second-order valence-corrected chi connectivity index (χ2v) is 5.78. The van der Waals surface area contributed by atoms with E-state index < -0.39 is 0 Å². The van der Waals surface area contributed by atoms with Crippen LogP contribution in [0.25, 0.3) is 0 Å². The molecule has 3 nitrogen and oxygen atoms in total. The van der Waals surface area contributed by atoms with Gasteiger partial charge in [0, 0.05) is 31.6 Å². The second kappa shape index (κ2) is 5.96. The van der Waals surface area contributed by atoms with E-state index in [-0.39, 0.29) is 6.04 Å². The second-order valence-electron chi connectivity index (χ2n) is 5.78. The Morgan fingerprint density at radius 1 is 1.35 bits per heavy atom. The van der Waals surface area contributed by atoms with Crippen molar-refractivity contribution in [1.82, 2.24) is 10.2 Å². The van der Waals surface area contributed by atoms with Crippen LogP contribution < -0.4 is 5.32 Å². The van der Waals surface area contributed by atoms with Gasteiger partial charge in [0.25, 0.3) is 0 Å². The lowest BCUT2D eigenvalue weighted by atomic mass is 10.1. The number of carbonyl (C=O) groups excluding carboxylic acids is 1. The summed E-state index contributed by atoms with van der Waals surface area (Å²) in [5.41, 5.74) is 0. The predicted octanol–water partition coefficient (Wildman–Crippen LogP) is 1.96. The first kappa shape index (κ1) is 13.0. The third-order valence-electron chi connectivity index (χ3n) is 4.28. The van der Waals surface area contributed by atoms with Gasteiger partial charge in [-0.1, -0.05) is 12.8 Å². The minimum absolute atomic E-state index is 0.137. The van der Waals surface area contributed by atoms with Gasteiger partial charge in [0.2, 0.25) is 0 Å². The Hall–Kier alpha value is -0.410. The van der Waals surface area contributed by atoms with Crippen LogP contribution in [-0.2, 0) is 4.79 Å². The van der Waals surface area contributed by atoms with Crippen LogP contribution in [0.3, 0.4) is 0 Å². The van der Waals surface area contributed by atoms with Crippen LogP contribution >= 0.6 is 0 Å². The Labute approximate surface area is 105 Å². The van der Waals surface area contributed by atoms with Gasteiger partial charge in [-0.25, -0.2) is 0 Å². The summed E-state index contributed by atoms with van der Waals surface area (Å²) in [6, 6.07) is 1.51. The molecule has 0 aromatic heterocycles. The van der Waals surface area contributed by atoms with Gasteiger partial charge in [-0.05, 0) is 33.1 Å². The molecule has 0 spiro atoms. The van der Waals surface area contributed by atoms with Crippen LogP contribution in [0.1, 0.15) is 52.4 Å². The molecule has 0 radical (unpaired) electrons. The zero-order valence-electron chi connectivity index (χ0n) is 11.2. The number of Topliss-reactive ketones (excluding diaryl/α,β-unsaturated/α-hetero) is 1. The minimum atomic E-state index is 0.137. The maximum Gasteiger partial charge on any atom is 0.151 e. The smallest absolute Gasteiger partial charge is 0.151 e. The Bertz CT molecular complexity index is 259. The highest BCUT2D eigenvalue weighted by atomic mass is 16.1. The average Bonchev–Trinajstić information content (AvgIpc) is 2.91. The molecule has 3 heteroatoms. The average molecular weight is 238 g/mol. The first-order valence-electron chi connectivity index (χ1n) is 7.20. The van der Waals surface area contributed by atoms with Crippen LogP contribution in [0.5, 0.6) is 0 Å². The molecule has 1 saturated heterocycles. The fourth-order valence-corrected chi connectivity index (χ4v) is 3.30. The van der Waals surface area contributed by atoms with Gasteiger partial charge < -0.3 is 5.32 Å². The van der Waals surface area contributed by atoms with E-state index in [2.05, 4.69) is 24.1 Å². The summed E-state index contributed by atoms with van der Waals surface area (Å²) in [4.78, 5) is 14.2. The molecule has 0 amide bonds. The zero-order valence-corrected chi connectivity index (χ0v) is 11.2. The molecule has 17 heavy (non-hydrogen) atoms. The number of hydrogen-bond acceptors (Lipinski definition) is 3. The van der Waals surface area contributed by atoms with Crippen LogP contribution in [0, 0.1) is 0 Å². The fourth-order valence-electron chi connectivity index (χ4n) is 3.30. The topological polar surface area (TPSA) is 32.3 Å². The largest absolute Gasteiger partial charge is 0.307 e. The highest BCUT2D eigenvalue weighted by Gasteiger charge is 2.28. The highest BCUT2D eigenvalue weighted by molar-refractivity contribution is 5.86. The highest BCUT2D eigenvalue weighted by Crippen LogP contribution is 2.25. The predicted molar refractivity (Wildman–Crippen MR) is 70.1 cm³/mol. The summed E-state index contributed by atoms with van der Waals surface area (Å²) in [5, 5.41) is 3.32. The molecule has 1 atom stereocenters. The number of rotatable bonds is 5. The van der Waals surface area contributed by atoms with Crippen molar-refractivity contribution in [1.29, 1.82) is 0 Å². The summed E-state index contributed by atoms with van der Waals surface area (Å²) >= 11 is 0. The Balaban J connectivity index is 1.82. The first-order chi connectivity index (χ1) is 8.18. The number of nitrogens with zero attached hydrogens (tertiary/aromatic N) is 1. The Morgan fingerprint density at radius 3 is 2.59 bits per heavy atom. The summed E-state index contributed by atoms with van der Waals surface area (Å²) in [7, 11) is 0. The van der Waals surface area contributed by atoms with E-state index in [0.29, 0.717) is 11.8 Å². The summed E-state index contributed by atoms with van der Waals surface area (Å²) in [6.07, 6.45) is 7.20. The van der Waals surface area contributed by atoms with E-state index in [4.69, 9.17) is 0 Å². The van der Waals surface area contributed by atoms with Crippen molar-refractivity contribution < 1.29 is 4.79 Å². The molecule has 2 aliphatic rings. The number of ketones is 1. The molecule has 98 valence electrons. The van der Waals surface area contributed by atoms with E-state index in [9.17, 15) is 4.79 Å². The molecule has 1 heterocycles. The Kier molecular flexibility index (Phi) is 4.57. The van der Waals surface area contributed by atoms with Crippen LogP contribution in [0.4, 0.5) is 0 Å². The lowest BCUT2D eigenvalue weighted by Crippen LogP contribution is -2.42. The molecular weight excluding hydrogens is 212 g/mol. The van der Waals surface area contributed by atoms with Gasteiger partial charge in [0.1, 0.15) is 0 Å². The van der Waals surface area contributed by atoms with E-state index in [1.165, 1.54) is 25.7 Å². The van der Waals surface area contributed by atoms with Crippen molar-refractivity contribution in [3.8, 4) is 0 Å². The minimum Gasteiger partial charge on any atom is -0.307 e. The number of carbonyl (C=O) groups is 1. The van der Waals surface area contributed by atoms with Crippen molar-refractivity contribution in [2.75, 3.05) is 13.1 Å². The molecule has 1 unspecified atom stereocenters. The van der Waals surface area contributed by atoms with Crippen molar-refractivity contribution in [2.45, 2.75) is 70.5 Å². The molecule has 0 aromatic carbocycles. The summed E-state index contributed by atoms with van der Waals surface area (Å²) in [6.45, 7) is 6.52. The first-order valence-corrected chi connectivity index (χ1v) is 7.20. The molecule has 0 bridgehead atoms. The Morgan fingerprint density at radius 2 is 2.06 bits per heavy atom. The molecule has 1 N–H and O–H groups in total. The normalized spacial score (nSPS) is 26.6. The van der Waals surface area contributed by atoms with Crippen molar-refractivity contribution in [3.63, 3.8) is 0 Å². The van der Waals surface area contributed by atoms with Crippen molar-refractivity contribution in [2.24, 2.45) is 0 Å². The lowest BCUT2D eigenvalue weighted by Gasteiger charge is -2.33. The van der Waals surface area contributed by atoms with Crippen LogP contribution in [0.2, 0.25) is 0 Å². The zero-order chi connectivity index (χ0) is 12.3. The van der Waals surface area contributed by atoms with E-state index in [0.717, 1.165) is 32.0 Å². The maximum absolute atomic E-state index is 11.6. The van der Waals surface area contributed by atoms with Gasteiger partial charge >= 0.3 is 0 Å². The van der Waals surface area contributed by atoms with Gasteiger partial charge in [-0.3, -0.25) is 9.69 Å². The maximum atomic E-state index is 11.6. The van der Waals surface area contributed by atoms with Gasteiger partial charge in [0.15, 0.2) is 5.78 Å². The standard InChI is InChI=1S/C14H26N2O/c1-11(2)16(12-5-3-4-6-12)10-8-13-14(17)7-9-15-13/h11-13,15H,3-10H2,1-2H3. The van der Waals surface area contributed by atoms with Gasteiger partial charge in [-0.15, -0.1) is 0 Å². The third kappa shape index (κ3) is 3.29. The molecule has 2 fully saturated rings. The van der Waals surface area contributed by atoms with Crippen molar-refractivity contribution >= 4 is 5.78 Å². The SMILES string of the molecule is CC(C)N(CCC1NCCC1=O)C1CCCC1. The van der Waals surface area contributed by atoms with Gasteiger partial charge in [0.05, 0.1) is 6.04 Å². The van der Waals surface area contributed by atoms with Crippen LogP contribution in [-0.4, -0.2) is 41.9 Å². The molecular formula is C14H26N2O. The van der Waals surface area contributed by atoms with E-state index in [1.807, 2.05) is 0 Å². The third-order valence-corrected chi connectivity index (χ3v) is 4.28. The number of hydrogen-bond donors (Lipinski definition) is 1. The lowest BCUT2D eigenvalue weighted by molar-refractivity contribution is -0.118. The molecule has 1 aliphatic heterocycles. The monoisotopic (exact) mass is 238 g/mol. The summed E-state index contributed by atoms with van der Waals surface area (Å²) in [5.74, 6) is 0.417. The molecule has 1 aliphatic carbocycles. The molecule has 0 aromatic rings. The van der Waals surface area contributed by atoms with Crippen molar-refractivity contribution in [3.05, 3.63) is 0 Å². The quantitative estimate of drug-likeness (QED) is 0.794. The molecule has 1 saturated carbocycles. The van der Waals surface area contributed by atoms with Gasteiger partial charge in [-0.2, -0.15) is 0 Å². The molecule has 2 rings (SSSR count). The van der Waals surface area contributed by atoms with E-state index in [1.54, 1.807) is 0 Å². The fraction of sp³-hybridized carbons (Fsp3) is 0.929. The van der Waals surface area contributed by atoms with E-state index >= 15 is 0 Å². The summed E-state index contributed by atoms with van der Waals surface area (Å²) < 4.78 is 0.